The Morgan fingerprint density at radius 2 is 2.00 bits per heavy atom. The predicted octanol–water partition coefficient (Wildman–Crippen LogP) is 4.26. The number of benzene rings is 1. The van der Waals surface area contributed by atoms with Gasteiger partial charge in [0.2, 0.25) is 0 Å². The van der Waals surface area contributed by atoms with Crippen molar-refractivity contribution in [2.45, 2.75) is 38.7 Å². The highest BCUT2D eigenvalue weighted by atomic mass is 35.5. The van der Waals surface area contributed by atoms with Crippen molar-refractivity contribution >= 4 is 11.6 Å². The first kappa shape index (κ1) is 13.8. The average Bonchev–Trinajstić information content (AvgIpc) is 2.30. The van der Waals surface area contributed by atoms with Crippen LogP contribution >= 0.6 is 11.6 Å². The van der Waals surface area contributed by atoms with E-state index in [2.05, 4.69) is 6.92 Å². The predicted molar refractivity (Wildman–Crippen MR) is 67.4 cm³/mol. The summed E-state index contributed by atoms with van der Waals surface area (Å²) in [4.78, 5) is 0. The van der Waals surface area contributed by atoms with Crippen LogP contribution in [0, 0.1) is 23.5 Å². The zero-order chi connectivity index (χ0) is 13.5. The van der Waals surface area contributed by atoms with E-state index in [0.29, 0.717) is 12.3 Å². The first-order chi connectivity index (χ1) is 8.36. The lowest BCUT2D eigenvalue weighted by molar-refractivity contribution is -0.0615. The quantitative estimate of drug-likeness (QED) is 0.759. The first-order valence-corrected chi connectivity index (χ1v) is 6.60. The topological polar surface area (TPSA) is 20.2 Å². The van der Waals surface area contributed by atoms with Crippen molar-refractivity contribution in [3.8, 4) is 0 Å². The Balaban J connectivity index is 2.50. The number of hydrogen-bond donors (Lipinski definition) is 1. The molecule has 2 rings (SSSR count). The van der Waals surface area contributed by atoms with E-state index in [1.54, 1.807) is 0 Å². The summed E-state index contributed by atoms with van der Waals surface area (Å²) in [6.45, 7) is 3.95. The Bertz CT molecular complexity index is 463. The van der Waals surface area contributed by atoms with Crippen molar-refractivity contribution in [3.63, 3.8) is 0 Å². The molecular weight excluding hydrogens is 258 g/mol. The molecule has 0 aromatic heterocycles. The third kappa shape index (κ3) is 2.14. The van der Waals surface area contributed by atoms with E-state index >= 15 is 0 Å². The third-order valence-electron chi connectivity index (χ3n) is 4.07. The van der Waals surface area contributed by atoms with Gasteiger partial charge in [0.05, 0.1) is 5.60 Å². The molecule has 1 fully saturated rings. The van der Waals surface area contributed by atoms with Gasteiger partial charge in [-0.05, 0) is 43.2 Å². The maximum atomic E-state index is 13.9. The van der Waals surface area contributed by atoms with Gasteiger partial charge in [-0.2, -0.15) is 0 Å². The molecule has 18 heavy (non-hydrogen) atoms. The van der Waals surface area contributed by atoms with Gasteiger partial charge in [0.15, 0.2) is 11.6 Å². The van der Waals surface area contributed by atoms with Gasteiger partial charge in [-0.15, -0.1) is 0 Å². The molecule has 0 spiro atoms. The molecule has 1 saturated carbocycles. The number of halogens is 3. The highest BCUT2D eigenvalue weighted by Gasteiger charge is 2.43. The maximum Gasteiger partial charge on any atom is 0.166 e. The summed E-state index contributed by atoms with van der Waals surface area (Å²) >= 11 is 5.96. The van der Waals surface area contributed by atoms with Crippen LogP contribution in [0.15, 0.2) is 12.1 Å². The molecule has 1 aliphatic rings. The van der Waals surface area contributed by atoms with Gasteiger partial charge in [0, 0.05) is 10.6 Å². The molecule has 0 amide bonds. The molecular formula is C14H17ClF2O. The summed E-state index contributed by atoms with van der Waals surface area (Å²) in [5, 5.41) is 10.8. The Labute approximate surface area is 111 Å². The van der Waals surface area contributed by atoms with Crippen molar-refractivity contribution in [2.24, 2.45) is 11.8 Å². The van der Waals surface area contributed by atoms with Gasteiger partial charge in [-0.1, -0.05) is 25.4 Å². The van der Waals surface area contributed by atoms with E-state index < -0.39 is 17.2 Å². The van der Waals surface area contributed by atoms with Crippen LogP contribution < -0.4 is 0 Å². The molecule has 0 saturated heterocycles. The summed E-state index contributed by atoms with van der Waals surface area (Å²) in [5.41, 5.74) is -1.45. The molecule has 0 radical (unpaired) electrons. The van der Waals surface area contributed by atoms with Crippen molar-refractivity contribution in [2.75, 3.05) is 0 Å². The van der Waals surface area contributed by atoms with E-state index in [-0.39, 0.29) is 16.5 Å². The Kier molecular flexibility index (Phi) is 3.65. The van der Waals surface area contributed by atoms with Crippen LogP contribution in [0.2, 0.25) is 5.02 Å². The summed E-state index contributed by atoms with van der Waals surface area (Å²) in [5.74, 6) is -1.65. The second-order valence-electron chi connectivity index (χ2n) is 5.42. The molecule has 0 heterocycles. The van der Waals surface area contributed by atoms with Crippen LogP contribution in [-0.4, -0.2) is 5.11 Å². The minimum Gasteiger partial charge on any atom is -0.385 e. The SMILES string of the molecule is CC1CCC(O)(c2c(Cl)ccc(F)c2F)C(C)C1. The van der Waals surface area contributed by atoms with Gasteiger partial charge >= 0.3 is 0 Å². The molecule has 0 bridgehead atoms. The molecule has 3 atom stereocenters. The van der Waals surface area contributed by atoms with Gasteiger partial charge in [-0.25, -0.2) is 8.78 Å². The molecule has 0 aliphatic heterocycles. The fraction of sp³-hybridized carbons (Fsp3) is 0.571. The van der Waals surface area contributed by atoms with Crippen LogP contribution in [0.1, 0.15) is 38.7 Å². The lowest BCUT2D eigenvalue weighted by Crippen LogP contribution is -2.39. The van der Waals surface area contributed by atoms with Gasteiger partial charge in [-0.3, -0.25) is 0 Å². The summed E-state index contributed by atoms with van der Waals surface area (Å²) < 4.78 is 27.3. The maximum absolute atomic E-state index is 13.9. The minimum absolute atomic E-state index is 0.0800. The van der Waals surface area contributed by atoms with Crippen molar-refractivity contribution in [1.82, 2.24) is 0 Å². The molecule has 1 aliphatic carbocycles. The lowest BCUT2D eigenvalue weighted by atomic mass is 9.69. The van der Waals surface area contributed by atoms with Crippen molar-refractivity contribution in [3.05, 3.63) is 34.4 Å². The van der Waals surface area contributed by atoms with Gasteiger partial charge < -0.3 is 5.11 Å². The number of hydrogen-bond acceptors (Lipinski definition) is 1. The van der Waals surface area contributed by atoms with Crippen LogP contribution in [0.4, 0.5) is 8.78 Å². The fourth-order valence-corrected chi connectivity index (χ4v) is 3.23. The van der Waals surface area contributed by atoms with Gasteiger partial charge in [0.25, 0.3) is 0 Å². The summed E-state index contributed by atoms with van der Waals surface area (Å²) in [6, 6.07) is 2.29. The van der Waals surface area contributed by atoms with E-state index in [9.17, 15) is 13.9 Å². The lowest BCUT2D eigenvalue weighted by Gasteiger charge is -2.41. The molecule has 4 heteroatoms. The summed E-state index contributed by atoms with van der Waals surface area (Å²) in [6.07, 6.45) is 1.98. The van der Waals surface area contributed by atoms with E-state index in [4.69, 9.17) is 11.6 Å². The van der Waals surface area contributed by atoms with Crippen molar-refractivity contribution < 1.29 is 13.9 Å². The van der Waals surface area contributed by atoms with Crippen LogP contribution in [0.25, 0.3) is 0 Å². The average molecular weight is 275 g/mol. The minimum atomic E-state index is -1.37. The van der Waals surface area contributed by atoms with Crippen LogP contribution in [0.5, 0.6) is 0 Å². The number of rotatable bonds is 1. The standard InChI is InChI=1S/C14H17ClF2O/c1-8-5-6-14(18,9(2)7-8)12-10(15)3-4-11(16)13(12)17/h3-4,8-9,18H,5-7H2,1-2H3. The highest BCUT2D eigenvalue weighted by molar-refractivity contribution is 6.31. The molecule has 1 nitrogen and oxygen atoms in total. The van der Waals surface area contributed by atoms with E-state index in [1.165, 1.54) is 6.07 Å². The first-order valence-electron chi connectivity index (χ1n) is 6.22. The monoisotopic (exact) mass is 274 g/mol. The van der Waals surface area contributed by atoms with Gasteiger partial charge in [0.1, 0.15) is 0 Å². The molecule has 1 aromatic carbocycles. The van der Waals surface area contributed by atoms with Crippen LogP contribution in [-0.2, 0) is 5.60 Å². The second-order valence-corrected chi connectivity index (χ2v) is 5.83. The zero-order valence-electron chi connectivity index (χ0n) is 10.5. The van der Waals surface area contributed by atoms with E-state index in [1.807, 2.05) is 6.92 Å². The van der Waals surface area contributed by atoms with E-state index in [0.717, 1.165) is 18.9 Å². The van der Waals surface area contributed by atoms with Crippen molar-refractivity contribution in [1.29, 1.82) is 0 Å². The Hall–Kier alpha value is -0.670. The Morgan fingerprint density at radius 3 is 2.61 bits per heavy atom. The van der Waals surface area contributed by atoms with Crippen LogP contribution in [0.3, 0.4) is 0 Å². The normalized spacial score (nSPS) is 32.6. The smallest absolute Gasteiger partial charge is 0.166 e. The Morgan fingerprint density at radius 1 is 1.33 bits per heavy atom. The second kappa shape index (κ2) is 4.78. The molecule has 1 N–H and O–H groups in total. The molecule has 1 aromatic rings. The molecule has 100 valence electrons. The number of aliphatic hydroxyl groups is 1. The third-order valence-corrected chi connectivity index (χ3v) is 4.38. The summed E-state index contributed by atoms with van der Waals surface area (Å²) in [7, 11) is 0. The largest absolute Gasteiger partial charge is 0.385 e. The molecule has 3 unspecified atom stereocenters. The zero-order valence-corrected chi connectivity index (χ0v) is 11.3. The fourth-order valence-electron chi connectivity index (χ4n) is 2.92. The highest BCUT2D eigenvalue weighted by Crippen LogP contribution is 2.46.